The summed E-state index contributed by atoms with van der Waals surface area (Å²) in [6.45, 7) is 0.169. The molecule has 5 nitrogen and oxygen atoms in total. The predicted molar refractivity (Wildman–Crippen MR) is 77.3 cm³/mol. The Morgan fingerprint density at radius 3 is 3.20 bits per heavy atom. The number of thioether (sulfide) groups is 1. The SMILES string of the molecule is O=C(OCc1ccccn1)C1=CN2C=NC=CC2=CS1. The number of pyridine rings is 1. The summed E-state index contributed by atoms with van der Waals surface area (Å²) in [7, 11) is 0. The van der Waals surface area contributed by atoms with Gasteiger partial charge in [0.15, 0.2) is 0 Å². The average molecular weight is 285 g/mol. The van der Waals surface area contributed by atoms with Gasteiger partial charge in [0.05, 0.1) is 17.7 Å². The minimum absolute atomic E-state index is 0.169. The number of aromatic nitrogens is 1. The lowest BCUT2D eigenvalue weighted by molar-refractivity contribution is -0.139. The van der Waals surface area contributed by atoms with Crippen LogP contribution in [0.2, 0.25) is 0 Å². The van der Waals surface area contributed by atoms with E-state index >= 15 is 0 Å². The summed E-state index contributed by atoms with van der Waals surface area (Å²) in [5.41, 5.74) is 1.70. The molecule has 0 saturated heterocycles. The molecule has 100 valence electrons. The molecule has 0 N–H and O–H groups in total. The normalized spacial score (nSPS) is 16.3. The van der Waals surface area contributed by atoms with E-state index in [1.165, 1.54) is 11.8 Å². The highest BCUT2D eigenvalue weighted by atomic mass is 32.2. The Morgan fingerprint density at radius 1 is 1.40 bits per heavy atom. The molecule has 3 heterocycles. The maximum absolute atomic E-state index is 12.0. The predicted octanol–water partition coefficient (Wildman–Crippen LogP) is 2.41. The van der Waals surface area contributed by atoms with Gasteiger partial charge in [-0.2, -0.15) is 0 Å². The summed E-state index contributed by atoms with van der Waals surface area (Å²) in [6, 6.07) is 5.49. The van der Waals surface area contributed by atoms with Crippen molar-refractivity contribution in [1.29, 1.82) is 0 Å². The molecule has 0 amide bonds. The highest BCUT2D eigenvalue weighted by molar-refractivity contribution is 8.06. The van der Waals surface area contributed by atoms with Crippen molar-refractivity contribution < 1.29 is 9.53 Å². The molecule has 6 heteroatoms. The Bertz CT molecular complexity index is 635. The maximum Gasteiger partial charge on any atom is 0.346 e. The smallest absolute Gasteiger partial charge is 0.346 e. The largest absolute Gasteiger partial charge is 0.455 e. The van der Waals surface area contributed by atoms with E-state index in [1.807, 2.05) is 29.7 Å². The first-order valence-electron chi connectivity index (χ1n) is 5.97. The third kappa shape index (κ3) is 2.80. The van der Waals surface area contributed by atoms with Crippen LogP contribution in [0, 0.1) is 0 Å². The monoisotopic (exact) mass is 285 g/mol. The molecule has 0 aromatic carbocycles. The minimum atomic E-state index is -0.362. The van der Waals surface area contributed by atoms with Gasteiger partial charge in [0, 0.05) is 24.0 Å². The van der Waals surface area contributed by atoms with Crippen LogP contribution in [-0.2, 0) is 16.1 Å². The Morgan fingerprint density at radius 2 is 2.35 bits per heavy atom. The first kappa shape index (κ1) is 12.7. The number of allylic oxidation sites excluding steroid dienone is 1. The van der Waals surface area contributed by atoms with Crippen LogP contribution in [0.25, 0.3) is 0 Å². The lowest BCUT2D eigenvalue weighted by Crippen LogP contribution is -2.20. The third-order valence-corrected chi connectivity index (χ3v) is 3.55. The molecular formula is C14H11N3O2S. The highest BCUT2D eigenvalue weighted by Crippen LogP contribution is 2.29. The molecule has 0 fully saturated rings. The molecular weight excluding hydrogens is 274 g/mol. The van der Waals surface area contributed by atoms with Gasteiger partial charge in [0.25, 0.3) is 0 Å². The number of rotatable bonds is 3. The second-order valence-electron chi connectivity index (χ2n) is 4.04. The Labute approximate surface area is 120 Å². The lowest BCUT2D eigenvalue weighted by Gasteiger charge is -2.22. The molecule has 3 rings (SSSR count). The topological polar surface area (TPSA) is 54.8 Å². The van der Waals surface area contributed by atoms with E-state index in [2.05, 4.69) is 9.98 Å². The fraction of sp³-hybridized carbons (Fsp3) is 0.0714. The molecule has 0 bridgehead atoms. The lowest BCUT2D eigenvalue weighted by atomic mass is 10.4. The molecule has 1 aromatic heterocycles. The molecule has 0 unspecified atom stereocenters. The van der Waals surface area contributed by atoms with Crippen molar-refractivity contribution in [3.8, 4) is 0 Å². The van der Waals surface area contributed by atoms with Crippen LogP contribution in [-0.4, -0.2) is 22.2 Å². The standard InChI is InChI=1S/C14H11N3O2S/c18-14(19-8-11-3-1-2-5-16-11)13-7-17-10-15-6-4-12(17)9-20-13/h1-7,9-10H,8H2. The number of hydrogen-bond acceptors (Lipinski definition) is 6. The highest BCUT2D eigenvalue weighted by Gasteiger charge is 2.19. The van der Waals surface area contributed by atoms with E-state index in [-0.39, 0.29) is 12.6 Å². The fourth-order valence-electron chi connectivity index (χ4n) is 1.67. The van der Waals surface area contributed by atoms with E-state index in [0.717, 1.165) is 11.4 Å². The van der Waals surface area contributed by atoms with Crippen LogP contribution in [0.4, 0.5) is 0 Å². The van der Waals surface area contributed by atoms with Crippen LogP contribution < -0.4 is 0 Å². The molecule has 2 aliphatic rings. The van der Waals surface area contributed by atoms with Crippen molar-refractivity contribution >= 4 is 24.1 Å². The summed E-state index contributed by atoms with van der Waals surface area (Å²) in [5.74, 6) is -0.362. The van der Waals surface area contributed by atoms with E-state index in [4.69, 9.17) is 4.74 Å². The second kappa shape index (κ2) is 5.75. The average Bonchev–Trinajstić information content (AvgIpc) is 2.53. The van der Waals surface area contributed by atoms with Gasteiger partial charge < -0.3 is 9.64 Å². The number of carbonyl (C=O) groups excluding carboxylic acids is 1. The number of carbonyl (C=O) groups is 1. The summed E-state index contributed by atoms with van der Waals surface area (Å²) < 4.78 is 5.24. The Kier molecular flexibility index (Phi) is 3.64. The van der Waals surface area contributed by atoms with Gasteiger partial charge in [-0.05, 0) is 18.2 Å². The van der Waals surface area contributed by atoms with E-state index in [9.17, 15) is 4.79 Å². The first-order chi connectivity index (χ1) is 9.83. The first-order valence-corrected chi connectivity index (χ1v) is 6.85. The molecule has 0 aliphatic carbocycles. The zero-order valence-corrected chi connectivity index (χ0v) is 11.3. The second-order valence-corrected chi connectivity index (χ2v) is 4.95. The molecule has 1 aromatic rings. The van der Waals surface area contributed by atoms with Crippen LogP contribution in [0.5, 0.6) is 0 Å². The van der Waals surface area contributed by atoms with Gasteiger partial charge in [0.1, 0.15) is 11.5 Å². The van der Waals surface area contributed by atoms with Crippen LogP contribution in [0.3, 0.4) is 0 Å². The fourth-order valence-corrected chi connectivity index (χ4v) is 2.44. The summed E-state index contributed by atoms with van der Waals surface area (Å²) >= 11 is 1.34. The molecule has 0 spiro atoms. The van der Waals surface area contributed by atoms with Gasteiger partial charge >= 0.3 is 5.97 Å². The van der Waals surface area contributed by atoms with E-state index < -0.39 is 0 Å². The summed E-state index contributed by atoms with van der Waals surface area (Å²) in [4.78, 5) is 22.4. The molecule has 20 heavy (non-hydrogen) atoms. The molecule has 0 radical (unpaired) electrons. The Balaban J connectivity index is 1.62. The zero-order chi connectivity index (χ0) is 13.8. The van der Waals surface area contributed by atoms with Crippen molar-refractivity contribution in [1.82, 2.24) is 9.88 Å². The van der Waals surface area contributed by atoms with Gasteiger partial charge in [-0.1, -0.05) is 17.8 Å². The number of hydrogen-bond donors (Lipinski definition) is 0. The number of esters is 1. The molecule has 2 aliphatic heterocycles. The van der Waals surface area contributed by atoms with Crippen molar-refractivity contribution in [3.05, 3.63) is 64.6 Å². The maximum atomic E-state index is 12.0. The van der Waals surface area contributed by atoms with Gasteiger partial charge in [0.2, 0.25) is 0 Å². The molecule has 0 atom stereocenters. The van der Waals surface area contributed by atoms with Crippen molar-refractivity contribution in [3.63, 3.8) is 0 Å². The summed E-state index contributed by atoms with van der Waals surface area (Å²) in [6.07, 6.45) is 8.62. The van der Waals surface area contributed by atoms with E-state index in [1.54, 1.807) is 29.8 Å². The minimum Gasteiger partial charge on any atom is -0.455 e. The van der Waals surface area contributed by atoms with Crippen LogP contribution in [0.1, 0.15) is 5.69 Å². The van der Waals surface area contributed by atoms with Gasteiger partial charge in [-0.15, -0.1) is 0 Å². The number of aliphatic imine (C=N–C) groups is 1. The van der Waals surface area contributed by atoms with Gasteiger partial charge in [-0.3, -0.25) is 4.98 Å². The Hall–Kier alpha value is -2.34. The number of ether oxygens (including phenoxy) is 1. The third-order valence-electron chi connectivity index (χ3n) is 2.66. The summed E-state index contributed by atoms with van der Waals surface area (Å²) in [5, 5.41) is 1.89. The zero-order valence-electron chi connectivity index (χ0n) is 10.5. The van der Waals surface area contributed by atoms with Crippen LogP contribution >= 0.6 is 11.8 Å². The van der Waals surface area contributed by atoms with Crippen molar-refractivity contribution in [2.45, 2.75) is 6.61 Å². The van der Waals surface area contributed by atoms with Crippen molar-refractivity contribution in [2.24, 2.45) is 4.99 Å². The van der Waals surface area contributed by atoms with E-state index in [0.29, 0.717) is 4.91 Å². The van der Waals surface area contributed by atoms with Crippen molar-refractivity contribution in [2.75, 3.05) is 0 Å². The number of fused-ring (bicyclic) bond motifs is 1. The van der Waals surface area contributed by atoms with Crippen LogP contribution in [0.15, 0.2) is 63.9 Å². The van der Waals surface area contributed by atoms with Gasteiger partial charge in [-0.25, -0.2) is 9.79 Å². The number of nitrogens with zero attached hydrogens (tertiary/aromatic N) is 3. The molecule has 0 saturated carbocycles. The quantitative estimate of drug-likeness (QED) is 0.798.